The van der Waals surface area contributed by atoms with Gasteiger partial charge in [-0.1, -0.05) is 20.8 Å². The van der Waals surface area contributed by atoms with Crippen molar-refractivity contribution in [1.29, 1.82) is 0 Å². The van der Waals surface area contributed by atoms with E-state index in [1.54, 1.807) is 0 Å². The molecular formula is C9H19NO4. The van der Waals surface area contributed by atoms with Gasteiger partial charge < -0.3 is 9.57 Å². The van der Waals surface area contributed by atoms with Crippen LogP contribution in [0.5, 0.6) is 0 Å². The van der Waals surface area contributed by atoms with Gasteiger partial charge in [0.1, 0.15) is 6.10 Å². The Bertz CT molecular complexity index is 176. The van der Waals surface area contributed by atoms with Crippen LogP contribution in [0.3, 0.4) is 0 Å². The van der Waals surface area contributed by atoms with Crippen LogP contribution in [0, 0.1) is 15.5 Å². The molecule has 5 nitrogen and oxygen atoms in total. The van der Waals surface area contributed by atoms with Crippen LogP contribution in [0.4, 0.5) is 0 Å². The van der Waals surface area contributed by atoms with Crippen molar-refractivity contribution in [3.05, 3.63) is 10.1 Å². The van der Waals surface area contributed by atoms with E-state index in [0.717, 1.165) is 6.42 Å². The SMILES string of the molecule is COCC(CCC(C)(C)C)O[N+](=O)[O-]. The molecule has 0 aromatic carbocycles. The average molecular weight is 205 g/mol. The zero-order valence-corrected chi connectivity index (χ0v) is 9.28. The quantitative estimate of drug-likeness (QED) is 0.491. The molecule has 0 bridgehead atoms. The smallest absolute Gasteiger partial charge is 0.294 e. The van der Waals surface area contributed by atoms with Gasteiger partial charge in [0.05, 0.1) is 6.61 Å². The fraction of sp³-hybridized carbons (Fsp3) is 1.00. The molecule has 14 heavy (non-hydrogen) atoms. The highest BCUT2D eigenvalue weighted by Crippen LogP contribution is 2.22. The van der Waals surface area contributed by atoms with Crippen LogP contribution in [0.15, 0.2) is 0 Å². The van der Waals surface area contributed by atoms with Gasteiger partial charge in [-0.2, -0.15) is 0 Å². The van der Waals surface area contributed by atoms with Crippen molar-refractivity contribution >= 4 is 0 Å². The second-order valence-corrected chi connectivity index (χ2v) is 4.51. The monoisotopic (exact) mass is 205 g/mol. The van der Waals surface area contributed by atoms with E-state index < -0.39 is 11.2 Å². The summed E-state index contributed by atoms with van der Waals surface area (Å²) < 4.78 is 4.84. The highest BCUT2D eigenvalue weighted by Gasteiger charge is 2.17. The number of nitrogens with zero attached hydrogens (tertiary/aromatic N) is 1. The Labute approximate surface area is 84.5 Å². The minimum absolute atomic E-state index is 0.159. The van der Waals surface area contributed by atoms with Gasteiger partial charge >= 0.3 is 0 Å². The minimum Gasteiger partial charge on any atom is -0.382 e. The van der Waals surface area contributed by atoms with Crippen molar-refractivity contribution in [3.8, 4) is 0 Å². The maximum atomic E-state index is 10.1. The van der Waals surface area contributed by atoms with Crippen molar-refractivity contribution in [2.75, 3.05) is 13.7 Å². The standard InChI is InChI=1S/C9H19NO4/c1-9(2,3)6-5-8(7-13-4)14-10(11)12/h8H,5-7H2,1-4H3. The van der Waals surface area contributed by atoms with Crippen molar-refractivity contribution in [2.45, 2.75) is 39.7 Å². The predicted molar refractivity (Wildman–Crippen MR) is 52.4 cm³/mol. The van der Waals surface area contributed by atoms with E-state index in [2.05, 4.69) is 25.6 Å². The Hall–Kier alpha value is -0.840. The molecule has 1 unspecified atom stereocenters. The lowest BCUT2D eigenvalue weighted by atomic mass is 9.89. The molecule has 0 N–H and O–H groups in total. The molecule has 1 atom stereocenters. The zero-order valence-electron chi connectivity index (χ0n) is 9.28. The first kappa shape index (κ1) is 13.2. The van der Waals surface area contributed by atoms with Crippen LogP contribution in [0.2, 0.25) is 0 Å². The maximum absolute atomic E-state index is 10.1. The minimum atomic E-state index is -0.758. The first-order valence-corrected chi connectivity index (χ1v) is 4.65. The molecule has 0 aliphatic heterocycles. The second kappa shape index (κ2) is 5.80. The van der Waals surface area contributed by atoms with E-state index in [1.807, 2.05) is 0 Å². The van der Waals surface area contributed by atoms with Crippen LogP contribution in [-0.4, -0.2) is 24.9 Å². The Morgan fingerprint density at radius 2 is 2.00 bits per heavy atom. The molecule has 0 spiro atoms. The van der Waals surface area contributed by atoms with E-state index in [1.165, 1.54) is 7.11 Å². The topological polar surface area (TPSA) is 61.6 Å². The lowest BCUT2D eigenvalue weighted by Gasteiger charge is -2.21. The van der Waals surface area contributed by atoms with E-state index in [9.17, 15) is 10.1 Å². The fourth-order valence-corrected chi connectivity index (χ4v) is 1.07. The summed E-state index contributed by atoms with van der Waals surface area (Å²) >= 11 is 0. The van der Waals surface area contributed by atoms with Gasteiger partial charge in [0, 0.05) is 7.11 Å². The van der Waals surface area contributed by atoms with Gasteiger partial charge in [0.25, 0.3) is 5.09 Å². The molecule has 0 aromatic heterocycles. The fourth-order valence-electron chi connectivity index (χ4n) is 1.07. The summed E-state index contributed by atoms with van der Waals surface area (Å²) in [6.45, 7) is 6.52. The first-order valence-electron chi connectivity index (χ1n) is 4.65. The molecule has 0 heterocycles. The van der Waals surface area contributed by atoms with E-state index >= 15 is 0 Å². The van der Waals surface area contributed by atoms with Crippen LogP contribution in [0.25, 0.3) is 0 Å². The molecule has 84 valence electrons. The highest BCUT2D eigenvalue weighted by atomic mass is 17.0. The number of hydrogen-bond acceptors (Lipinski definition) is 4. The predicted octanol–water partition coefficient (Wildman–Crippen LogP) is 2.04. The molecule has 0 aliphatic rings. The van der Waals surface area contributed by atoms with Gasteiger partial charge in [-0.25, -0.2) is 0 Å². The number of methoxy groups -OCH3 is 1. The highest BCUT2D eigenvalue weighted by molar-refractivity contribution is 4.65. The zero-order chi connectivity index (χ0) is 11.2. The molecule has 0 saturated carbocycles. The van der Waals surface area contributed by atoms with Crippen LogP contribution >= 0.6 is 0 Å². The van der Waals surface area contributed by atoms with Crippen molar-refractivity contribution in [2.24, 2.45) is 5.41 Å². The van der Waals surface area contributed by atoms with Crippen molar-refractivity contribution < 1.29 is 14.7 Å². The van der Waals surface area contributed by atoms with Crippen LogP contribution < -0.4 is 0 Å². The van der Waals surface area contributed by atoms with Crippen LogP contribution in [-0.2, 0) is 9.57 Å². The number of ether oxygens (including phenoxy) is 1. The van der Waals surface area contributed by atoms with Crippen LogP contribution in [0.1, 0.15) is 33.6 Å². The number of rotatable bonds is 6. The first-order chi connectivity index (χ1) is 6.35. The van der Waals surface area contributed by atoms with E-state index in [0.29, 0.717) is 6.42 Å². The molecule has 0 amide bonds. The number of hydrogen-bond donors (Lipinski definition) is 0. The normalized spacial score (nSPS) is 13.7. The summed E-state index contributed by atoms with van der Waals surface area (Å²) in [7, 11) is 1.51. The summed E-state index contributed by atoms with van der Waals surface area (Å²) in [6, 6.07) is 0. The van der Waals surface area contributed by atoms with Crippen molar-refractivity contribution in [3.63, 3.8) is 0 Å². The summed E-state index contributed by atoms with van der Waals surface area (Å²) in [5.74, 6) is 0. The average Bonchev–Trinajstić information content (AvgIpc) is 1.98. The molecule has 0 fully saturated rings. The molecular weight excluding hydrogens is 186 g/mol. The van der Waals surface area contributed by atoms with Gasteiger partial charge in [0.15, 0.2) is 0 Å². The molecule has 0 rings (SSSR count). The largest absolute Gasteiger partial charge is 0.382 e. The third kappa shape index (κ3) is 7.79. The summed E-state index contributed by atoms with van der Waals surface area (Å²) in [5.41, 5.74) is 0.159. The van der Waals surface area contributed by atoms with Gasteiger partial charge in [-0.15, -0.1) is 10.1 Å². The molecule has 0 aromatic rings. The Kier molecular flexibility index (Phi) is 5.45. The Morgan fingerprint density at radius 3 is 2.36 bits per heavy atom. The van der Waals surface area contributed by atoms with E-state index in [-0.39, 0.29) is 12.0 Å². The van der Waals surface area contributed by atoms with Gasteiger partial charge in [-0.05, 0) is 18.3 Å². The lowest BCUT2D eigenvalue weighted by molar-refractivity contribution is -0.769. The molecule has 5 heteroatoms. The second-order valence-electron chi connectivity index (χ2n) is 4.51. The Morgan fingerprint density at radius 1 is 1.43 bits per heavy atom. The molecule has 0 aliphatic carbocycles. The van der Waals surface area contributed by atoms with E-state index in [4.69, 9.17) is 4.74 Å². The lowest BCUT2D eigenvalue weighted by Crippen LogP contribution is -2.24. The van der Waals surface area contributed by atoms with Gasteiger partial charge in [0.2, 0.25) is 0 Å². The van der Waals surface area contributed by atoms with Crippen molar-refractivity contribution in [1.82, 2.24) is 0 Å². The summed E-state index contributed by atoms with van der Waals surface area (Å²) in [4.78, 5) is 14.6. The Balaban J connectivity index is 3.90. The summed E-state index contributed by atoms with van der Waals surface area (Å²) in [5, 5.41) is 9.38. The third-order valence-corrected chi connectivity index (χ3v) is 1.80. The molecule has 0 saturated heterocycles. The summed E-state index contributed by atoms with van der Waals surface area (Å²) in [6.07, 6.45) is 1.06. The maximum Gasteiger partial charge on any atom is 0.294 e. The molecule has 0 radical (unpaired) electrons. The van der Waals surface area contributed by atoms with Gasteiger partial charge in [-0.3, -0.25) is 0 Å². The third-order valence-electron chi connectivity index (χ3n) is 1.80.